The van der Waals surface area contributed by atoms with Crippen molar-refractivity contribution in [3.05, 3.63) is 127 Å². The molecule has 0 aliphatic carbocycles. The lowest BCUT2D eigenvalue weighted by molar-refractivity contribution is 0.719. The lowest BCUT2D eigenvalue weighted by atomic mass is 9.89. The van der Waals surface area contributed by atoms with Crippen LogP contribution in [0.25, 0.3) is 32.4 Å². The van der Waals surface area contributed by atoms with Crippen LogP contribution in [0.5, 0.6) is 0 Å². The number of nitrogens with one attached hydrogen (secondary N) is 1. The van der Waals surface area contributed by atoms with E-state index >= 15 is 0 Å². The number of hydrazone groups is 1. The number of hydrogen-bond acceptors (Lipinski definition) is 2. The first kappa shape index (κ1) is 19.1. The van der Waals surface area contributed by atoms with Crippen molar-refractivity contribution in [2.24, 2.45) is 5.10 Å². The zero-order valence-electron chi connectivity index (χ0n) is 18.6. The standard InChI is InChI=1S/C31H23N3/c1-2-12-23(13-3-1)34-30(19-29(33-34)27-20-32-28-17-9-8-16-26(27)28)31-24-14-6-4-10-21(24)18-22-11-5-7-15-25(22)31/h1-18,20,30,32H,19H2. The van der Waals surface area contributed by atoms with Crippen LogP contribution in [-0.2, 0) is 0 Å². The van der Waals surface area contributed by atoms with Crippen LogP contribution in [0.2, 0.25) is 0 Å². The highest BCUT2D eigenvalue weighted by atomic mass is 15.5. The van der Waals surface area contributed by atoms with Crippen LogP contribution < -0.4 is 5.01 Å². The molecule has 0 saturated heterocycles. The molecule has 34 heavy (non-hydrogen) atoms. The fourth-order valence-corrected chi connectivity index (χ4v) is 5.43. The topological polar surface area (TPSA) is 31.4 Å². The van der Waals surface area contributed by atoms with Gasteiger partial charge in [0.05, 0.1) is 17.4 Å². The van der Waals surface area contributed by atoms with Gasteiger partial charge in [0.2, 0.25) is 0 Å². The molecule has 1 atom stereocenters. The number of hydrogen-bond donors (Lipinski definition) is 1. The van der Waals surface area contributed by atoms with E-state index in [-0.39, 0.29) is 6.04 Å². The third kappa shape index (κ3) is 2.94. The van der Waals surface area contributed by atoms with Gasteiger partial charge in [0.15, 0.2) is 0 Å². The van der Waals surface area contributed by atoms with Gasteiger partial charge in [-0.1, -0.05) is 84.9 Å². The molecule has 0 saturated carbocycles. The Morgan fingerprint density at radius 1 is 0.676 bits per heavy atom. The molecule has 1 aliphatic rings. The third-order valence-electron chi connectivity index (χ3n) is 6.98. The molecule has 2 heterocycles. The molecule has 1 N–H and O–H groups in total. The summed E-state index contributed by atoms with van der Waals surface area (Å²) in [5.41, 5.74) is 5.90. The highest BCUT2D eigenvalue weighted by molar-refractivity contribution is 6.13. The summed E-state index contributed by atoms with van der Waals surface area (Å²) >= 11 is 0. The van der Waals surface area contributed by atoms with Crippen LogP contribution >= 0.6 is 0 Å². The number of anilines is 1. The van der Waals surface area contributed by atoms with Crippen molar-refractivity contribution in [2.45, 2.75) is 12.5 Å². The Hall–Kier alpha value is -4.37. The van der Waals surface area contributed by atoms with Crippen molar-refractivity contribution in [1.82, 2.24) is 4.98 Å². The average molecular weight is 438 g/mol. The molecule has 1 aliphatic heterocycles. The van der Waals surface area contributed by atoms with E-state index in [0.717, 1.165) is 23.3 Å². The zero-order valence-corrected chi connectivity index (χ0v) is 18.6. The van der Waals surface area contributed by atoms with Crippen LogP contribution in [0.1, 0.15) is 23.6 Å². The second-order valence-electron chi connectivity index (χ2n) is 8.93. The Kier molecular flexibility index (Phi) is 4.28. The Morgan fingerprint density at radius 2 is 1.29 bits per heavy atom. The normalized spacial score (nSPS) is 15.9. The van der Waals surface area contributed by atoms with E-state index in [1.165, 1.54) is 38.1 Å². The van der Waals surface area contributed by atoms with Gasteiger partial charge in [-0.3, -0.25) is 5.01 Å². The molecule has 3 nitrogen and oxygen atoms in total. The van der Waals surface area contributed by atoms with Gasteiger partial charge >= 0.3 is 0 Å². The van der Waals surface area contributed by atoms with Crippen LogP contribution in [0.3, 0.4) is 0 Å². The molecule has 162 valence electrons. The van der Waals surface area contributed by atoms with Crippen LogP contribution in [0, 0.1) is 0 Å². The molecule has 0 spiro atoms. The number of para-hydroxylation sites is 2. The van der Waals surface area contributed by atoms with Gasteiger partial charge in [-0.05, 0) is 51.4 Å². The molecular weight excluding hydrogens is 414 g/mol. The van der Waals surface area contributed by atoms with Gasteiger partial charge in [-0.25, -0.2) is 0 Å². The van der Waals surface area contributed by atoms with Crippen LogP contribution in [0.4, 0.5) is 5.69 Å². The van der Waals surface area contributed by atoms with Crippen molar-refractivity contribution in [2.75, 3.05) is 5.01 Å². The predicted octanol–water partition coefficient (Wildman–Crippen LogP) is 7.83. The summed E-state index contributed by atoms with van der Waals surface area (Å²) < 4.78 is 0. The summed E-state index contributed by atoms with van der Waals surface area (Å²) in [6, 6.07) is 38.9. The molecule has 1 aromatic heterocycles. The minimum atomic E-state index is 0.0991. The monoisotopic (exact) mass is 437 g/mol. The van der Waals surface area contributed by atoms with Crippen LogP contribution in [0.15, 0.2) is 120 Å². The smallest absolute Gasteiger partial charge is 0.0843 e. The van der Waals surface area contributed by atoms with E-state index < -0.39 is 0 Å². The molecule has 5 aromatic carbocycles. The predicted molar refractivity (Wildman–Crippen MR) is 143 cm³/mol. The number of H-pyrrole nitrogens is 1. The average Bonchev–Trinajstić information content (AvgIpc) is 3.52. The van der Waals surface area contributed by atoms with Crippen molar-refractivity contribution < 1.29 is 0 Å². The summed E-state index contributed by atoms with van der Waals surface area (Å²) in [6.07, 6.45) is 2.95. The van der Waals surface area contributed by atoms with Gasteiger partial charge in [-0.15, -0.1) is 0 Å². The molecule has 0 bridgehead atoms. The first-order chi connectivity index (χ1) is 16.9. The number of aromatic nitrogens is 1. The van der Waals surface area contributed by atoms with Gasteiger partial charge in [0, 0.05) is 29.1 Å². The molecule has 6 aromatic rings. The summed E-state index contributed by atoms with van der Waals surface area (Å²) in [4.78, 5) is 3.43. The maximum atomic E-state index is 5.25. The largest absolute Gasteiger partial charge is 0.360 e. The SMILES string of the molecule is c1ccc(N2N=C(c3c[nH]c4ccccc34)CC2c2c3ccccc3cc3ccccc23)cc1. The van der Waals surface area contributed by atoms with Crippen molar-refractivity contribution in [3.63, 3.8) is 0 Å². The number of nitrogens with zero attached hydrogens (tertiary/aromatic N) is 2. The fraction of sp³-hybridized carbons (Fsp3) is 0.0645. The van der Waals surface area contributed by atoms with Gasteiger partial charge < -0.3 is 4.98 Å². The Labute approximate surface area is 198 Å². The molecular formula is C31H23N3. The fourth-order valence-electron chi connectivity index (χ4n) is 5.43. The maximum absolute atomic E-state index is 5.25. The minimum absolute atomic E-state index is 0.0991. The van der Waals surface area contributed by atoms with E-state index in [0.29, 0.717) is 0 Å². The highest BCUT2D eigenvalue weighted by Crippen LogP contribution is 2.43. The van der Waals surface area contributed by atoms with Crippen molar-refractivity contribution in [3.8, 4) is 0 Å². The van der Waals surface area contributed by atoms with Crippen LogP contribution in [-0.4, -0.2) is 10.7 Å². The summed E-state index contributed by atoms with van der Waals surface area (Å²) in [6.45, 7) is 0. The zero-order chi connectivity index (χ0) is 22.5. The van der Waals surface area contributed by atoms with E-state index in [2.05, 4.69) is 125 Å². The number of rotatable bonds is 3. The number of benzene rings is 5. The molecule has 0 fully saturated rings. The van der Waals surface area contributed by atoms with Crippen molar-refractivity contribution in [1.29, 1.82) is 0 Å². The summed E-state index contributed by atoms with van der Waals surface area (Å²) in [5, 5.41) is 13.8. The quantitative estimate of drug-likeness (QED) is 0.281. The second kappa shape index (κ2) is 7.60. The number of aromatic amines is 1. The summed E-state index contributed by atoms with van der Waals surface area (Å²) in [7, 11) is 0. The van der Waals surface area contributed by atoms with Gasteiger partial charge in [0.1, 0.15) is 0 Å². The van der Waals surface area contributed by atoms with E-state index in [1.54, 1.807) is 0 Å². The first-order valence-electron chi connectivity index (χ1n) is 11.8. The lowest BCUT2D eigenvalue weighted by Crippen LogP contribution is -2.19. The third-order valence-corrected chi connectivity index (χ3v) is 6.98. The van der Waals surface area contributed by atoms with E-state index in [4.69, 9.17) is 5.10 Å². The molecule has 0 amide bonds. The van der Waals surface area contributed by atoms with Gasteiger partial charge in [0.25, 0.3) is 0 Å². The van der Waals surface area contributed by atoms with Crippen molar-refractivity contribution >= 4 is 43.8 Å². The Morgan fingerprint density at radius 3 is 2.03 bits per heavy atom. The Bertz CT molecular complexity index is 1640. The highest BCUT2D eigenvalue weighted by Gasteiger charge is 2.33. The first-order valence-corrected chi connectivity index (χ1v) is 11.8. The molecule has 0 radical (unpaired) electrons. The van der Waals surface area contributed by atoms with Gasteiger partial charge in [-0.2, -0.15) is 5.10 Å². The molecule has 7 rings (SSSR count). The molecule has 3 heteroatoms. The number of fused-ring (bicyclic) bond motifs is 3. The molecule has 1 unspecified atom stereocenters. The van der Waals surface area contributed by atoms with E-state index in [9.17, 15) is 0 Å². The minimum Gasteiger partial charge on any atom is -0.360 e. The summed E-state index contributed by atoms with van der Waals surface area (Å²) in [5.74, 6) is 0. The van der Waals surface area contributed by atoms with E-state index in [1.807, 2.05) is 0 Å². The maximum Gasteiger partial charge on any atom is 0.0843 e. The lowest BCUT2D eigenvalue weighted by Gasteiger charge is -2.26. The second-order valence-corrected chi connectivity index (χ2v) is 8.93. The Balaban J connectivity index is 1.47.